The Kier molecular flexibility index (Phi) is 5.90. The maximum atomic E-state index is 12.4. The van der Waals surface area contributed by atoms with Crippen LogP contribution in [0, 0.1) is 0 Å². The van der Waals surface area contributed by atoms with Crippen molar-refractivity contribution in [1.82, 2.24) is 20.2 Å². The van der Waals surface area contributed by atoms with Crippen LogP contribution in [0.5, 0.6) is 5.75 Å². The third kappa shape index (κ3) is 4.46. The van der Waals surface area contributed by atoms with Gasteiger partial charge in [-0.15, -0.1) is 5.10 Å². The zero-order valence-electron chi connectivity index (χ0n) is 15.0. The molecule has 144 valence electrons. The number of carboxylic acid groups (broad SMARTS) is 1. The Balaban J connectivity index is 1.67. The summed E-state index contributed by atoms with van der Waals surface area (Å²) in [5.74, 6) is -0.828. The van der Waals surface area contributed by atoms with Gasteiger partial charge in [0.05, 0.1) is 24.0 Å². The van der Waals surface area contributed by atoms with Crippen molar-refractivity contribution in [1.29, 1.82) is 0 Å². The number of carboxylic acids is 1. The van der Waals surface area contributed by atoms with Gasteiger partial charge in [-0.2, -0.15) is 4.68 Å². The van der Waals surface area contributed by atoms with Crippen LogP contribution in [0.15, 0.2) is 53.7 Å². The first-order valence-corrected chi connectivity index (χ1v) is 9.07. The molecule has 1 amide bonds. The lowest BCUT2D eigenvalue weighted by Gasteiger charge is -2.12. The molecule has 0 saturated heterocycles. The summed E-state index contributed by atoms with van der Waals surface area (Å²) >= 11 is 1.20. The minimum Gasteiger partial charge on any atom is -0.545 e. The number of thioether (sulfide) groups is 1. The van der Waals surface area contributed by atoms with Gasteiger partial charge >= 0.3 is 0 Å². The monoisotopic (exact) mass is 398 g/mol. The predicted molar refractivity (Wildman–Crippen MR) is 100 cm³/mol. The Hall–Kier alpha value is -3.40. The Morgan fingerprint density at radius 3 is 2.43 bits per heavy atom. The van der Waals surface area contributed by atoms with Gasteiger partial charge in [-0.3, -0.25) is 4.79 Å². The van der Waals surface area contributed by atoms with E-state index in [0.717, 1.165) is 5.69 Å². The van der Waals surface area contributed by atoms with Crippen molar-refractivity contribution >= 4 is 29.3 Å². The fourth-order valence-electron chi connectivity index (χ4n) is 2.28. The summed E-state index contributed by atoms with van der Waals surface area (Å²) in [4.78, 5) is 23.2. The fourth-order valence-corrected chi connectivity index (χ4v) is 3.09. The van der Waals surface area contributed by atoms with Gasteiger partial charge in [0.25, 0.3) is 0 Å². The number of aromatic nitrogens is 4. The average Bonchev–Trinajstić information content (AvgIpc) is 3.16. The number of tetrazole rings is 1. The molecule has 10 heteroatoms. The van der Waals surface area contributed by atoms with E-state index >= 15 is 0 Å². The van der Waals surface area contributed by atoms with E-state index in [4.69, 9.17) is 4.74 Å². The topological polar surface area (TPSA) is 122 Å². The molecule has 0 spiro atoms. The smallest absolute Gasteiger partial charge is 0.237 e. The van der Waals surface area contributed by atoms with Crippen LogP contribution in [0.1, 0.15) is 17.3 Å². The second-order valence-electron chi connectivity index (χ2n) is 5.69. The molecule has 0 aliphatic carbocycles. The van der Waals surface area contributed by atoms with Gasteiger partial charge in [0, 0.05) is 5.69 Å². The molecule has 1 heterocycles. The molecule has 0 saturated carbocycles. The fraction of sp³-hybridized carbons (Fsp3) is 0.167. The minimum atomic E-state index is -1.27. The summed E-state index contributed by atoms with van der Waals surface area (Å²) in [6.07, 6.45) is 0. The molecule has 0 unspecified atom stereocenters. The Morgan fingerprint density at radius 2 is 1.82 bits per heavy atom. The van der Waals surface area contributed by atoms with Crippen LogP contribution in [0.3, 0.4) is 0 Å². The highest BCUT2D eigenvalue weighted by atomic mass is 32.2. The van der Waals surface area contributed by atoms with Crippen LogP contribution in [0.4, 0.5) is 5.69 Å². The molecular weight excluding hydrogens is 382 g/mol. The minimum absolute atomic E-state index is 0.0408. The maximum absolute atomic E-state index is 12.4. The molecule has 0 aliphatic heterocycles. The molecule has 0 radical (unpaired) electrons. The number of aromatic carboxylic acids is 1. The highest BCUT2D eigenvalue weighted by Gasteiger charge is 2.19. The first-order chi connectivity index (χ1) is 13.5. The van der Waals surface area contributed by atoms with E-state index in [1.807, 2.05) is 12.1 Å². The van der Waals surface area contributed by atoms with Crippen LogP contribution in [-0.4, -0.2) is 44.4 Å². The number of carbonyl (C=O) groups is 2. The number of rotatable bonds is 7. The van der Waals surface area contributed by atoms with Crippen molar-refractivity contribution in [2.45, 2.75) is 17.3 Å². The zero-order chi connectivity index (χ0) is 20.1. The zero-order valence-corrected chi connectivity index (χ0v) is 15.8. The summed E-state index contributed by atoms with van der Waals surface area (Å²) in [6.45, 7) is 1.72. The van der Waals surface area contributed by atoms with Crippen LogP contribution >= 0.6 is 11.8 Å². The number of amides is 1. The summed E-state index contributed by atoms with van der Waals surface area (Å²) in [5, 5.41) is 25.1. The van der Waals surface area contributed by atoms with Crippen molar-refractivity contribution in [2.24, 2.45) is 0 Å². The van der Waals surface area contributed by atoms with Crippen molar-refractivity contribution in [2.75, 3.05) is 12.4 Å². The molecule has 1 atom stereocenters. The van der Waals surface area contributed by atoms with Crippen molar-refractivity contribution in [3.05, 3.63) is 54.1 Å². The number of methoxy groups -OCH3 is 1. The Labute approximate surface area is 164 Å². The molecule has 3 aromatic rings. The lowest BCUT2D eigenvalue weighted by molar-refractivity contribution is -0.255. The van der Waals surface area contributed by atoms with E-state index in [-0.39, 0.29) is 11.5 Å². The first-order valence-electron chi connectivity index (χ1n) is 8.19. The molecule has 0 aliphatic rings. The third-order valence-electron chi connectivity index (χ3n) is 3.80. The number of benzene rings is 2. The van der Waals surface area contributed by atoms with Crippen LogP contribution in [0.25, 0.3) is 5.69 Å². The summed E-state index contributed by atoms with van der Waals surface area (Å²) < 4.78 is 6.67. The van der Waals surface area contributed by atoms with Crippen LogP contribution < -0.4 is 15.2 Å². The second-order valence-corrected chi connectivity index (χ2v) is 6.99. The van der Waals surface area contributed by atoms with Crippen LogP contribution in [0.2, 0.25) is 0 Å². The van der Waals surface area contributed by atoms with E-state index in [2.05, 4.69) is 20.8 Å². The number of nitrogens with one attached hydrogen (secondary N) is 1. The van der Waals surface area contributed by atoms with Gasteiger partial charge in [0.15, 0.2) is 0 Å². The summed E-state index contributed by atoms with van der Waals surface area (Å²) in [5.41, 5.74) is 1.26. The first kappa shape index (κ1) is 19.4. The van der Waals surface area contributed by atoms with Crippen molar-refractivity contribution in [3.63, 3.8) is 0 Å². The van der Waals surface area contributed by atoms with Gasteiger partial charge in [-0.25, -0.2) is 0 Å². The maximum Gasteiger partial charge on any atom is 0.237 e. The Bertz CT molecular complexity index is 972. The van der Waals surface area contributed by atoms with Gasteiger partial charge < -0.3 is 20.0 Å². The van der Waals surface area contributed by atoms with Crippen LogP contribution in [-0.2, 0) is 4.79 Å². The van der Waals surface area contributed by atoms with E-state index in [9.17, 15) is 14.7 Å². The van der Waals surface area contributed by atoms with Gasteiger partial charge in [0.2, 0.25) is 11.1 Å². The molecule has 3 rings (SSSR count). The SMILES string of the molecule is COc1ccc(-n2nnnc2S[C@@H](C)C(=O)Nc2ccc(C(=O)[O-])cc2)cc1. The van der Waals surface area contributed by atoms with Crippen molar-refractivity contribution < 1.29 is 19.4 Å². The van der Waals surface area contributed by atoms with E-state index < -0.39 is 11.2 Å². The van der Waals surface area contributed by atoms with E-state index in [1.165, 1.54) is 40.7 Å². The molecular formula is C18H16N5O4S-. The highest BCUT2D eigenvalue weighted by Crippen LogP contribution is 2.24. The third-order valence-corrected chi connectivity index (χ3v) is 4.83. The number of anilines is 1. The molecule has 0 fully saturated rings. The lowest BCUT2D eigenvalue weighted by atomic mass is 10.2. The lowest BCUT2D eigenvalue weighted by Crippen LogP contribution is -2.24. The predicted octanol–water partition coefficient (Wildman–Crippen LogP) is 1.15. The summed E-state index contributed by atoms with van der Waals surface area (Å²) in [6, 6.07) is 12.9. The largest absolute Gasteiger partial charge is 0.545 e. The number of hydrogen-bond donors (Lipinski definition) is 1. The number of nitrogens with zero attached hydrogens (tertiary/aromatic N) is 4. The van der Waals surface area contributed by atoms with E-state index in [1.54, 1.807) is 26.2 Å². The second kappa shape index (κ2) is 8.53. The summed E-state index contributed by atoms with van der Waals surface area (Å²) in [7, 11) is 1.58. The van der Waals surface area contributed by atoms with Gasteiger partial charge in [-0.05, 0) is 59.3 Å². The molecule has 9 nitrogen and oxygen atoms in total. The molecule has 28 heavy (non-hydrogen) atoms. The van der Waals surface area contributed by atoms with Gasteiger partial charge in [0.1, 0.15) is 5.75 Å². The van der Waals surface area contributed by atoms with E-state index in [0.29, 0.717) is 16.6 Å². The molecule has 2 aromatic carbocycles. The van der Waals surface area contributed by atoms with Gasteiger partial charge in [-0.1, -0.05) is 23.9 Å². The quantitative estimate of drug-likeness (QED) is 0.588. The number of hydrogen-bond acceptors (Lipinski definition) is 8. The standard InChI is InChI=1S/C18H17N5O4S/c1-11(16(24)19-13-5-3-12(4-6-13)17(25)26)28-18-20-21-22-23(18)14-7-9-15(27-2)10-8-14/h3-11H,1-2H3,(H,19,24)(H,25,26)/p-1/t11-/m0/s1. The highest BCUT2D eigenvalue weighted by molar-refractivity contribution is 8.00. The normalized spacial score (nSPS) is 11.6. The molecule has 1 N–H and O–H groups in total. The molecule has 0 bridgehead atoms. The number of ether oxygens (including phenoxy) is 1. The molecule has 1 aromatic heterocycles. The Morgan fingerprint density at radius 1 is 1.14 bits per heavy atom. The average molecular weight is 398 g/mol. The number of carbonyl (C=O) groups excluding carboxylic acids is 2. The van der Waals surface area contributed by atoms with Crippen molar-refractivity contribution in [3.8, 4) is 11.4 Å².